The van der Waals surface area contributed by atoms with E-state index < -0.39 is 22.5 Å². The number of sulfonamides is 1. The van der Waals surface area contributed by atoms with Crippen LogP contribution < -0.4 is 10.6 Å². The first-order chi connectivity index (χ1) is 9.81. The molecule has 9 heteroatoms. The number of nitrogens with one attached hydrogen (secondary N) is 1. The van der Waals surface area contributed by atoms with E-state index in [1.54, 1.807) is 25.1 Å². The molecule has 0 saturated carbocycles. The highest BCUT2D eigenvalue weighted by Gasteiger charge is 2.19. The van der Waals surface area contributed by atoms with Crippen molar-refractivity contribution in [2.24, 2.45) is 5.73 Å². The van der Waals surface area contributed by atoms with E-state index in [1.165, 1.54) is 6.07 Å². The second kappa shape index (κ2) is 5.94. The maximum Gasteiger partial charge on any atom is 0.264 e. The van der Waals surface area contributed by atoms with E-state index >= 15 is 0 Å². The number of pyridine rings is 1. The second-order valence-electron chi connectivity index (χ2n) is 4.27. The number of nitrogens with two attached hydrogens (primary N) is 1. The number of hydrogen-bond acceptors (Lipinski definition) is 5. The standard InChI is InChI=1S/C12H12ClN3O4S/c1-7-5-8-3-2-4-9(11(8)15-12(7)13)21(18,19)16-20-6-10(14)17/h2-5,16H,6H2,1H3,(H2,14,17). The summed E-state index contributed by atoms with van der Waals surface area (Å²) in [5, 5.41) is 0.831. The second-order valence-corrected chi connectivity index (χ2v) is 6.24. The van der Waals surface area contributed by atoms with Crippen LogP contribution in [0.5, 0.6) is 0 Å². The highest BCUT2D eigenvalue weighted by molar-refractivity contribution is 7.89. The highest BCUT2D eigenvalue weighted by atomic mass is 35.5. The van der Waals surface area contributed by atoms with E-state index in [2.05, 4.69) is 9.82 Å². The topological polar surface area (TPSA) is 111 Å². The van der Waals surface area contributed by atoms with E-state index in [-0.39, 0.29) is 15.6 Å². The Balaban J connectivity index is 2.46. The molecule has 0 saturated heterocycles. The molecule has 1 aromatic carbocycles. The maximum atomic E-state index is 12.2. The number of fused-ring (bicyclic) bond motifs is 1. The van der Waals surface area contributed by atoms with Gasteiger partial charge in [-0.25, -0.2) is 13.4 Å². The monoisotopic (exact) mass is 329 g/mol. The predicted molar refractivity (Wildman–Crippen MR) is 77.0 cm³/mol. The van der Waals surface area contributed by atoms with Crippen molar-refractivity contribution in [2.75, 3.05) is 6.61 Å². The largest absolute Gasteiger partial charge is 0.368 e. The minimum Gasteiger partial charge on any atom is -0.368 e. The van der Waals surface area contributed by atoms with Crippen LogP contribution in [0.1, 0.15) is 5.56 Å². The van der Waals surface area contributed by atoms with Crippen LogP contribution in [0.25, 0.3) is 10.9 Å². The Hall–Kier alpha value is -1.74. The number of benzene rings is 1. The molecule has 0 aliphatic carbocycles. The normalized spacial score (nSPS) is 11.7. The first-order valence-electron chi connectivity index (χ1n) is 5.79. The van der Waals surface area contributed by atoms with Crippen molar-refractivity contribution in [3.63, 3.8) is 0 Å². The summed E-state index contributed by atoms with van der Waals surface area (Å²) in [6.45, 7) is 1.20. The van der Waals surface area contributed by atoms with Crippen molar-refractivity contribution >= 4 is 38.4 Å². The lowest BCUT2D eigenvalue weighted by atomic mass is 10.2. The lowest BCUT2D eigenvalue weighted by Gasteiger charge is -2.09. The number of hydrogen-bond donors (Lipinski definition) is 2. The number of aromatic nitrogens is 1. The van der Waals surface area contributed by atoms with Gasteiger partial charge in [-0.2, -0.15) is 0 Å². The number of para-hydroxylation sites is 1. The first kappa shape index (κ1) is 15.6. The van der Waals surface area contributed by atoms with Crippen LogP contribution in [0, 0.1) is 6.92 Å². The van der Waals surface area contributed by atoms with Gasteiger partial charge >= 0.3 is 0 Å². The van der Waals surface area contributed by atoms with Crippen molar-refractivity contribution in [2.45, 2.75) is 11.8 Å². The van der Waals surface area contributed by atoms with E-state index in [0.717, 1.165) is 5.56 Å². The molecule has 0 bridgehead atoms. The molecule has 0 atom stereocenters. The third kappa shape index (κ3) is 3.48. The Morgan fingerprint density at radius 2 is 2.19 bits per heavy atom. The molecule has 2 aromatic rings. The highest BCUT2D eigenvalue weighted by Crippen LogP contribution is 2.25. The van der Waals surface area contributed by atoms with Crippen molar-refractivity contribution in [1.82, 2.24) is 9.87 Å². The molecule has 7 nitrogen and oxygen atoms in total. The average Bonchev–Trinajstić information content (AvgIpc) is 2.38. The number of carbonyl (C=O) groups excluding carboxylic acids is 1. The van der Waals surface area contributed by atoms with Crippen molar-refractivity contribution in [3.05, 3.63) is 35.0 Å². The Bertz CT molecular complexity index is 807. The number of carbonyl (C=O) groups is 1. The fraction of sp³-hybridized carbons (Fsp3) is 0.167. The van der Waals surface area contributed by atoms with E-state index in [1.807, 2.05) is 4.89 Å². The number of amides is 1. The molecule has 0 fully saturated rings. The molecule has 1 aromatic heterocycles. The average molecular weight is 330 g/mol. The third-order valence-corrected chi connectivity index (χ3v) is 4.24. The Labute approximate surface area is 126 Å². The quantitative estimate of drug-likeness (QED) is 0.625. The Morgan fingerprint density at radius 3 is 2.86 bits per heavy atom. The molecule has 3 N–H and O–H groups in total. The van der Waals surface area contributed by atoms with Gasteiger partial charge in [0.2, 0.25) is 5.91 Å². The Morgan fingerprint density at radius 1 is 1.48 bits per heavy atom. The van der Waals surface area contributed by atoms with Crippen molar-refractivity contribution < 1.29 is 18.0 Å². The van der Waals surface area contributed by atoms with Gasteiger partial charge in [0, 0.05) is 5.39 Å². The zero-order valence-electron chi connectivity index (χ0n) is 11.0. The molecule has 21 heavy (non-hydrogen) atoms. The predicted octanol–water partition coefficient (Wildman–Crippen LogP) is 0.892. The van der Waals surface area contributed by atoms with Crippen LogP contribution in [0.15, 0.2) is 29.2 Å². The molecular weight excluding hydrogens is 318 g/mol. The summed E-state index contributed by atoms with van der Waals surface area (Å²) in [5.41, 5.74) is 5.80. The summed E-state index contributed by atoms with van der Waals surface area (Å²) in [7, 11) is -4.01. The van der Waals surface area contributed by atoms with Gasteiger partial charge in [0.05, 0.1) is 5.52 Å². The van der Waals surface area contributed by atoms with Gasteiger partial charge in [0.15, 0.2) is 0 Å². The van der Waals surface area contributed by atoms with E-state index in [0.29, 0.717) is 5.39 Å². The molecule has 1 heterocycles. The molecule has 0 aliphatic rings. The SMILES string of the molecule is Cc1cc2cccc(S(=O)(=O)NOCC(N)=O)c2nc1Cl. The van der Waals surface area contributed by atoms with Crippen LogP contribution in [0.3, 0.4) is 0 Å². The lowest BCUT2D eigenvalue weighted by molar-refractivity contribution is -0.123. The summed E-state index contributed by atoms with van der Waals surface area (Å²) in [5.74, 6) is -0.799. The summed E-state index contributed by atoms with van der Waals surface area (Å²) in [4.78, 5) is 20.9. The number of rotatable bonds is 5. The van der Waals surface area contributed by atoms with Gasteiger partial charge < -0.3 is 5.73 Å². The number of primary amides is 1. The van der Waals surface area contributed by atoms with Gasteiger partial charge in [-0.1, -0.05) is 28.6 Å². The molecule has 0 spiro atoms. The number of aryl methyl sites for hydroxylation is 1. The van der Waals surface area contributed by atoms with Crippen molar-refractivity contribution in [3.8, 4) is 0 Å². The molecule has 1 amide bonds. The fourth-order valence-corrected chi connectivity index (χ4v) is 2.81. The molecule has 2 rings (SSSR count). The van der Waals surface area contributed by atoms with E-state index in [9.17, 15) is 13.2 Å². The van der Waals surface area contributed by atoms with E-state index in [4.69, 9.17) is 17.3 Å². The number of halogens is 1. The van der Waals surface area contributed by atoms with Gasteiger partial charge in [0.1, 0.15) is 16.7 Å². The zero-order chi connectivity index (χ0) is 15.6. The zero-order valence-corrected chi connectivity index (χ0v) is 12.5. The van der Waals surface area contributed by atoms with Gasteiger partial charge in [-0.15, -0.1) is 0 Å². The smallest absolute Gasteiger partial charge is 0.264 e. The minimum absolute atomic E-state index is 0.105. The third-order valence-electron chi connectivity index (χ3n) is 2.61. The summed E-state index contributed by atoms with van der Waals surface area (Å²) < 4.78 is 24.3. The molecule has 0 aliphatic heterocycles. The van der Waals surface area contributed by atoms with Crippen LogP contribution in [0.4, 0.5) is 0 Å². The van der Waals surface area contributed by atoms with Crippen LogP contribution >= 0.6 is 11.6 Å². The molecule has 0 radical (unpaired) electrons. The van der Waals surface area contributed by atoms with Crippen LogP contribution in [0.2, 0.25) is 5.15 Å². The lowest BCUT2D eigenvalue weighted by Crippen LogP contribution is -2.29. The van der Waals surface area contributed by atoms with Gasteiger partial charge in [0.25, 0.3) is 10.0 Å². The fourth-order valence-electron chi connectivity index (χ4n) is 1.69. The Kier molecular flexibility index (Phi) is 4.43. The first-order valence-corrected chi connectivity index (χ1v) is 7.65. The number of nitrogens with zero attached hydrogens (tertiary/aromatic N) is 1. The summed E-state index contributed by atoms with van der Waals surface area (Å²) in [6.07, 6.45) is 0. The van der Waals surface area contributed by atoms with Crippen molar-refractivity contribution in [1.29, 1.82) is 0 Å². The molecule has 112 valence electrons. The summed E-state index contributed by atoms with van der Waals surface area (Å²) >= 11 is 5.94. The van der Waals surface area contributed by atoms with Gasteiger partial charge in [-0.3, -0.25) is 9.63 Å². The van der Waals surface area contributed by atoms with Gasteiger partial charge in [-0.05, 0) is 24.6 Å². The summed E-state index contributed by atoms with van der Waals surface area (Å²) in [6, 6.07) is 6.37. The molecule has 0 unspecified atom stereocenters. The van der Waals surface area contributed by atoms with Crippen LogP contribution in [-0.4, -0.2) is 25.9 Å². The minimum atomic E-state index is -4.01. The maximum absolute atomic E-state index is 12.2. The van der Waals surface area contributed by atoms with Crippen LogP contribution in [-0.2, 0) is 19.7 Å². The molecular formula is C12H12ClN3O4S.